The molecule has 3 heterocycles. The van der Waals surface area contributed by atoms with Crippen LogP contribution in [0.15, 0.2) is 12.3 Å². The molecule has 1 aromatic rings. The van der Waals surface area contributed by atoms with E-state index in [1.807, 2.05) is 0 Å². The van der Waals surface area contributed by atoms with Crippen LogP contribution in [0.25, 0.3) is 0 Å². The number of pyridine rings is 1. The van der Waals surface area contributed by atoms with E-state index in [2.05, 4.69) is 10.3 Å². The van der Waals surface area contributed by atoms with Gasteiger partial charge in [-0.1, -0.05) is 11.6 Å². The van der Waals surface area contributed by atoms with Gasteiger partial charge in [-0.2, -0.15) is 13.2 Å². The average Bonchev–Trinajstić information content (AvgIpc) is 3.06. The Bertz CT molecular complexity index is 836. The lowest BCUT2D eigenvalue weighted by Crippen LogP contribution is -2.55. The summed E-state index contributed by atoms with van der Waals surface area (Å²) in [5.41, 5.74) is -1.61. The quantitative estimate of drug-likeness (QED) is 0.738. The monoisotopic (exact) mass is 462 g/mol. The van der Waals surface area contributed by atoms with Crippen molar-refractivity contribution in [3.05, 3.63) is 22.8 Å². The van der Waals surface area contributed by atoms with Crippen molar-refractivity contribution in [3.63, 3.8) is 0 Å². The fraction of sp³-hybridized carbons (Fsp3) is 0.650. The average molecular weight is 463 g/mol. The minimum atomic E-state index is -4.52. The third kappa shape index (κ3) is 5.53. The predicted molar refractivity (Wildman–Crippen MR) is 109 cm³/mol. The standard InChI is InChI=1S/C20H26ClF3N4O3/c1-19(2,3)31-18(30)28(15-4-7-25-17(15)29)13-5-8-27(9-6-13)16-14(21)10-12(11-26-16)20(22,23)24/h10-11,13,15H,4-9H2,1-3H3,(H,25,29)/t15-/m0/s1. The molecule has 0 saturated carbocycles. The Morgan fingerprint density at radius 3 is 2.39 bits per heavy atom. The molecule has 0 radical (unpaired) electrons. The number of hydrogen-bond acceptors (Lipinski definition) is 5. The molecule has 11 heteroatoms. The van der Waals surface area contributed by atoms with Crippen LogP contribution in [-0.4, -0.2) is 59.2 Å². The van der Waals surface area contributed by atoms with Crippen LogP contribution in [0, 0.1) is 0 Å². The molecule has 7 nitrogen and oxygen atoms in total. The van der Waals surface area contributed by atoms with E-state index in [4.69, 9.17) is 16.3 Å². The molecule has 1 atom stereocenters. The van der Waals surface area contributed by atoms with Crippen molar-refractivity contribution in [2.75, 3.05) is 24.5 Å². The van der Waals surface area contributed by atoms with E-state index < -0.39 is 29.5 Å². The first-order valence-corrected chi connectivity index (χ1v) is 10.5. The van der Waals surface area contributed by atoms with Gasteiger partial charge in [0.2, 0.25) is 5.91 Å². The van der Waals surface area contributed by atoms with Crippen LogP contribution in [0.4, 0.5) is 23.8 Å². The van der Waals surface area contributed by atoms with Crippen molar-refractivity contribution < 1.29 is 27.5 Å². The van der Waals surface area contributed by atoms with Crippen LogP contribution < -0.4 is 10.2 Å². The van der Waals surface area contributed by atoms with Gasteiger partial charge in [-0.3, -0.25) is 9.69 Å². The van der Waals surface area contributed by atoms with Gasteiger partial charge in [0.25, 0.3) is 0 Å². The molecule has 1 aromatic heterocycles. The number of rotatable bonds is 3. The van der Waals surface area contributed by atoms with E-state index in [0.29, 0.717) is 38.9 Å². The van der Waals surface area contributed by atoms with Crippen LogP contribution in [0.1, 0.15) is 45.6 Å². The van der Waals surface area contributed by atoms with E-state index in [-0.39, 0.29) is 22.8 Å². The number of aromatic nitrogens is 1. The Kier molecular flexibility index (Phi) is 6.59. The van der Waals surface area contributed by atoms with Gasteiger partial charge < -0.3 is 15.0 Å². The molecule has 3 rings (SSSR count). The molecular weight excluding hydrogens is 437 g/mol. The minimum Gasteiger partial charge on any atom is -0.444 e. The van der Waals surface area contributed by atoms with E-state index in [1.54, 1.807) is 25.7 Å². The van der Waals surface area contributed by atoms with E-state index in [9.17, 15) is 22.8 Å². The van der Waals surface area contributed by atoms with Gasteiger partial charge in [0.1, 0.15) is 17.5 Å². The Hall–Kier alpha value is -2.23. The van der Waals surface area contributed by atoms with E-state index in [0.717, 1.165) is 12.3 Å². The zero-order valence-corrected chi connectivity index (χ0v) is 18.4. The number of carbonyl (C=O) groups is 2. The number of alkyl halides is 3. The lowest BCUT2D eigenvalue weighted by atomic mass is 10.0. The second-order valence-electron chi connectivity index (χ2n) is 8.73. The highest BCUT2D eigenvalue weighted by molar-refractivity contribution is 6.33. The van der Waals surface area contributed by atoms with Crippen molar-refractivity contribution in [1.29, 1.82) is 0 Å². The van der Waals surface area contributed by atoms with Crippen LogP contribution in [0.5, 0.6) is 0 Å². The van der Waals surface area contributed by atoms with Gasteiger partial charge in [-0.25, -0.2) is 9.78 Å². The molecule has 0 bridgehead atoms. The Labute approximate surface area is 183 Å². The lowest BCUT2D eigenvalue weighted by Gasteiger charge is -2.41. The third-order valence-electron chi connectivity index (χ3n) is 5.27. The first kappa shape index (κ1) is 23.4. The van der Waals surface area contributed by atoms with Gasteiger partial charge in [0, 0.05) is 31.9 Å². The number of carbonyl (C=O) groups excluding carboxylic acids is 2. The van der Waals surface area contributed by atoms with Crippen molar-refractivity contribution in [2.45, 2.75) is 63.9 Å². The fourth-order valence-corrected chi connectivity index (χ4v) is 4.15. The summed E-state index contributed by atoms with van der Waals surface area (Å²) in [4.78, 5) is 32.4. The van der Waals surface area contributed by atoms with Crippen molar-refractivity contribution in [2.24, 2.45) is 0 Å². The molecule has 2 amide bonds. The summed E-state index contributed by atoms with van der Waals surface area (Å²) < 4.78 is 44.1. The van der Waals surface area contributed by atoms with Gasteiger partial charge in [0.15, 0.2) is 0 Å². The smallest absolute Gasteiger partial charge is 0.417 e. The summed E-state index contributed by atoms with van der Waals surface area (Å²) >= 11 is 6.07. The topological polar surface area (TPSA) is 74.8 Å². The number of ether oxygens (including phenoxy) is 1. The number of hydrogen-bond donors (Lipinski definition) is 1. The summed E-state index contributed by atoms with van der Waals surface area (Å²) in [5, 5.41) is 2.67. The highest BCUT2D eigenvalue weighted by Gasteiger charge is 2.41. The van der Waals surface area contributed by atoms with E-state index in [1.165, 1.54) is 4.90 Å². The highest BCUT2D eigenvalue weighted by atomic mass is 35.5. The molecule has 2 fully saturated rings. The number of nitrogens with one attached hydrogen (secondary N) is 1. The summed E-state index contributed by atoms with van der Waals surface area (Å²) in [6, 6.07) is 0.0265. The fourth-order valence-electron chi connectivity index (χ4n) is 3.87. The molecule has 2 aliphatic rings. The number of piperidine rings is 1. The maximum Gasteiger partial charge on any atom is 0.417 e. The predicted octanol–water partition coefficient (Wildman–Crippen LogP) is 3.85. The number of nitrogens with zero attached hydrogens (tertiary/aromatic N) is 3. The molecule has 1 N–H and O–H groups in total. The molecule has 0 aromatic carbocycles. The molecule has 2 saturated heterocycles. The lowest BCUT2D eigenvalue weighted by molar-refractivity contribution is -0.137. The van der Waals surface area contributed by atoms with Gasteiger partial charge in [-0.05, 0) is 46.1 Å². The number of halogens is 4. The molecule has 31 heavy (non-hydrogen) atoms. The summed E-state index contributed by atoms with van der Waals surface area (Å²) in [6.07, 6.45) is -2.78. The van der Waals surface area contributed by atoms with E-state index >= 15 is 0 Å². The molecular formula is C20H26ClF3N4O3. The van der Waals surface area contributed by atoms with Crippen molar-refractivity contribution >= 4 is 29.4 Å². The van der Waals surface area contributed by atoms with Crippen LogP contribution in [0.2, 0.25) is 5.02 Å². The van der Waals surface area contributed by atoms with Crippen molar-refractivity contribution in [1.82, 2.24) is 15.2 Å². The number of amides is 2. The van der Waals surface area contributed by atoms with Crippen LogP contribution in [-0.2, 0) is 15.7 Å². The Morgan fingerprint density at radius 2 is 1.90 bits per heavy atom. The number of anilines is 1. The van der Waals surface area contributed by atoms with Crippen LogP contribution >= 0.6 is 11.6 Å². The molecule has 2 aliphatic heterocycles. The van der Waals surface area contributed by atoms with Gasteiger partial charge in [-0.15, -0.1) is 0 Å². The second-order valence-corrected chi connectivity index (χ2v) is 9.14. The molecule has 172 valence electrons. The Balaban J connectivity index is 1.73. The first-order valence-electron chi connectivity index (χ1n) is 10.1. The van der Waals surface area contributed by atoms with Gasteiger partial charge in [0.05, 0.1) is 10.6 Å². The molecule has 0 spiro atoms. The van der Waals surface area contributed by atoms with Crippen molar-refractivity contribution in [3.8, 4) is 0 Å². The maximum atomic E-state index is 12.9. The zero-order chi connectivity index (χ0) is 23.0. The second kappa shape index (κ2) is 8.72. The maximum absolute atomic E-state index is 12.9. The first-order chi connectivity index (χ1) is 14.4. The summed E-state index contributed by atoms with van der Waals surface area (Å²) in [5.74, 6) is 0.0660. The summed E-state index contributed by atoms with van der Waals surface area (Å²) in [7, 11) is 0. The largest absolute Gasteiger partial charge is 0.444 e. The minimum absolute atomic E-state index is 0.0764. The SMILES string of the molecule is CC(C)(C)OC(=O)N(C1CCN(c2ncc(C(F)(F)F)cc2Cl)CC1)[C@H]1CCNC1=O. The molecule has 0 aliphatic carbocycles. The summed E-state index contributed by atoms with van der Waals surface area (Å²) in [6.45, 7) is 6.63. The zero-order valence-electron chi connectivity index (χ0n) is 17.6. The normalized spacial score (nSPS) is 20.5. The highest BCUT2D eigenvalue weighted by Crippen LogP contribution is 2.35. The third-order valence-corrected chi connectivity index (χ3v) is 5.54. The Morgan fingerprint density at radius 1 is 1.26 bits per heavy atom. The van der Waals surface area contributed by atoms with Crippen LogP contribution in [0.3, 0.4) is 0 Å². The van der Waals surface area contributed by atoms with Gasteiger partial charge >= 0.3 is 12.3 Å². The molecule has 0 unspecified atom stereocenters.